The lowest BCUT2D eigenvalue weighted by Crippen LogP contribution is -2.16. The Morgan fingerprint density at radius 3 is 2.73 bits per heavy atom. The monoisotopic (exact) mass is 411 g/mol. The smallest absolute Gasteiger partial charge is 0.241 e. The van der Waals surface area contributed by atoms with Crippen LogP contribution >= 0.6 is 23.2 Å². The molecule has 0 atom stereocenters. The first-order valence-electron chi connectivity index (χ1n) is 7.69. The second kappa shape index (κ2) is 7.26. The molecule has 0 aliphatic heterocycles. The molecule has 6 nitrogen and oxygen atoms in total. The van der Waals surface area contributed by atoms with Crippen LogP contribution in [0.3, 0.4) is 0 Å². The number of halogens is 2. The summed E-state index contributed by atoms with van der Waals surface area (Å²) in [7, 11) is -3.66. The molecule has 0 fully saturated rings. The molecule has 9 heteroatoms. The van der Waals surface area contributed by atoms with E-state index in [4.69, 9.17) is 27.9 Å². The summed E-state index contributed by atoms with van der Waals surface area (Å²) in [5.41, 5.74) is 1.20. The Bertz CT molecular complexity index is 1090. The fourth-order valence-electron chi connectivity index (χ4n) is 2.61. The summed E-state index contributed by atoms with van der Waals surface area (Å²) in [5, 5.41) is 0.851. The predicted octanol–water partition coefficient (Wildman–Crippen LogP) is 4.17. The van der Waals surface area contributed by atoms with E-state index >= 15 is 0 Å². The molecule has 0 bridgehead atoms. The molecule has 1 aromatic carbocycles. The van der Waals surface area contributed by atoms with E-state index in [2.05, 4.69) is 16.5 Å². The summed E-state index contributed by atoms with van der Waals surface area (Å²) in [6, 6.07) is 7.02. The van der Waals surface area contributed by atoms with E-state index in [9.17, 15) is 8.42 Å². The minimum absolute atomic E-state index is 0.00532. The van der Waals surface area contributed by atoms with E-state index in [-0.39, 0.29) is 28.5 Å². The largest absolute Gasteiger partial charge is 0.473 e. The van der Waals surface area contributed by atoms with Gasteiger partial charge in [-0.15, -0.1) is 0 Å². The maximum Gasteiger partial charge on any atom is 0.241 e. The number of ether oxygens (including phenoxy) is 1. The Morgan fingerprint density at radius 2 is 2.04 bits per heavy atom. The van der Waals surface area contributed by atoms with E-state index in [1.54, 1.807) is 31.2 Å². The quantitative estimate of drug-likeness (QED) is 0.449. The maximum absolute atomic E-state index is 12.8. The van der Waals surface area contributed by atoms with Gasteiger partial charge in [-0.1, -0.05) is 42.5 Å². The molecule has 0 N–H and O–H groups in total. The van der Waals surface area contributed by atoms with E-state index in [0.717, 1.165) is 0 Å². The number of hydrogen-bond acceptors (Lipinski definition) is 5. The molecule has 0 saturated heterocycles. The van der Waals surface area contributed by atoms with Crippen LogP contribution < -0.4 is 4.74 Å². The lowest BCUT2D eigenvalue weighted by Gasteiger charge is -2.12. The van der Waals surface area contributed by atoms with Crippen molar-refractivity contribution in [2.75, 3.05) is 12.4 Å². The summed E-state index contributed by atoms with van der Waals surface area (Å²) >= 11 is 12.2. The van der Waals surface area contributed by atoms with Crippen molar-refractivity contribution in [2.24, 2.45) is 0 Å². The van der Waals surface area contributed by atoms with Crippen LogP contribution in [0.1, 0.15) is 6.92 Å². The summed E-state index contributed by atoms with van der Waals surface area (Å²) in [6.07, 6.45) is 2.89. The average Bonchev–Trinajstić information content (AvgIpc) is 2.96. The highest BCUT2D eigenvalue weighted by molar-refractivity contribution is 7.90. The molecule has 0 amide bonds. The van der Waals surface area contributed by atoms with Crippen LogP contribution in [0.2, 0.25) is 10.3 Å². The molecule has 0 saturated carbocycles. The van der Waals surface area contributed by atoms with Crippen molar-refractivity contribution in [2.45, 2.75) is 6.92 Å². The Morgan fingerprint density at radius 1 is 1.31 bits per heavy atom. The van der Waals surface area contributed by atoms with Crippen LogP contribution in [0.4, 0.5) is 0 Å². The van der Waals surface area contributed by atoms with Crippen molar-refractivity contribution in [3.05, 3.63) is 53.4 Å². The van der Waals surface area contributed by atoms with Gasteiger partial charge < -0.3 is 4.74 Å². The van der Waals surface area contributed by atoms with E-state index in [1.807, 2.05) is 0 Å². The zero-order chi connectivity index (χ0) is 18.9. The normalized spacial score (nSPS) is 11.7. The molecule has 0 unspecified atom stereocenters. The molecule has 3 rings (SSSR count). The Balaban J connectivity index is 2.49. The van der Waals surface area contributed by atoms with Gasteiger partial charge >= 0.3 is 0 Å². The van der Waals surface area contributed by atoms with Crippen molar-refractivity contribution in [1.29, 1.82) is 0 Å². The van der Waals surface area contributed by atoms with E-state index in [1.165, 1.54) is 16.2 Å². The third-order valence-corrected chi connectivity index (χ3v) is 5.83. The van der Waals surface area contributed by atoms with Crippen LogP contribution in [0.15, 0.2) is 43.1 Å². The second-order valence-electron chi connectivity index (χ2n) is 5.30. The number of hydrogen-bond donors (Lipinski definition) is 0. The molecule has 2 heterocycles. The van der Waals surface area contributed by atoms with E-state index < -0.39 is 10.0 Å². The summed E-state index contributed by atoms with van der Waals surface area (Å²) in [6.45, 7) is 5.29. The number of nitrogens with zero attached hydrogens (tertiary/aromatic N) is 3. The van der Waals surface area contributed by atoms with Crippen LogP contribution in [0.5, 0.6) is 5.88 Å². The Hall–Kier alpha value is -2.09. The summed E-state index contributed by atoms with van der Waals surface area (Å²) < 4.78 is 32.4. The highest BCUT2D eigenvalue weighted by atomic mass is 35.5. The zero-order valence-electron chi connectivity index (χ0n) is 13.8. The van der Waals surface area contributed by atoms with Gasteiger partial charge in [-0.05, 0) is 24.6 Å². The van der Waals surface area contributed by atoms with Crippen molar-refractivity contribution in [3.8, 4) is 17.1 Å². The highest BCUT2D eigenvalue weighted by Crippen LogP contribution is 2.43. The molecule has 26 heavy (non-hydrogen) atoms. The molecular formula is C17H15Cl2N3O3S. The molecular weight excluding hydrogens is 397 g/mol. The SMILES string of the molecule is C=CCOc1c(-c2nc(Cl)ncc2Cl)c2ccccc2n1S(=O)(=O)CC. The van der Waals surface area contributed by atoms with Gasteiger partial charge in [0.15, 0.2) is 0 Å². The third kappa shape index (κ3) is 3.18. The Labute approximate surface area is 161 Å². The minimum Gasteiger partial charge on any atom is -0.473 e. The van der Waals surface area contributed by atoms with Crippen LogP contribution in [0, 0.1) is 0 Å². The number of aromatic nitrogens is 3. The summed E-state index contributed by atoms with van der Waals surface area (Å²) in [5.74, 6) is 0.0120. The van der Waals surface area contributed by atoms with Gasteiger partial charge in [0.05, 0.1) is 33.7 Å². The van der Waals surface area contributed by atoms with Gasteiger partial charge in [0.2, 0.25) is 21.2 Å². The van der Waals surface area contributed by atoms with Crippen molar-refractivity contribution >= 4 is 44.1 Å². The van der Waals surface area contributed by atoms with Crippen LogP contribution in [0.25, 0.3) is 22.2 Å². The van der Waals surface area contributed by atoms with E-state index in [0.29, 0.717) is 22.2 Å². The molecule has 136 valence electrons. The van der Waals surface area contributed by atoms with Gasteiger partial charge in [-0.2, -0.15) is 0 Å². The molecule has 3 aromatic rings. The highest BCUT2D eigenvalue weighted by Gasteiger charge is 2.28. The van der Waals surface area contributed by atoms with Gasteiger partial charge in [0.25, 0.3) is 0 Å². The first kappa shape index (κ1) is 18.7. The standard InChI is InChI=1S/C17H15Cl2N3O3S/c1-3-9-25-16-14(15-12(18)10-20-17(19)21-15)11-7-5-6-8-13(11)22(16)26(23,24)4-2/h3,5-8,10H,1,4,9H2,2H3. The third-order valence-electron chi connectivity index (χ3n) is 3.72. The van der Waals surface area contributed by atoms with Gasteiger partial charge in [0.1, 0.15) is 6.61 Å². The van der Waals surface area contributed by atoms with Crippen LogP contribution in [-0.4, -0.2) is 34.7 Å². The van der Waals surface area contributed by atoms with Crippen LogP contribution in [-0.2, 0) is 10.0 Å². The van der Waals surface area contributed by atoms with Gasteiger partial charge in [0, 0.05) is 5.39 Å². The predicted molar refractivity (Wildman–Crippen MR) is 104 cm³/mol. The number of benzene rings is 1. The summed E-state index contributed by atoms with van der Waals surface area (Å²) in [4.78, 5) is 8.04. The molecule has 0 aliphatic carbocycles. The molecule has 2 aromatic heterocycles. The lowest BCUT2D eigenvalue weighted by molar-refractivity contribution is 0.347. The van der Waals surface area contributed by atoms with Crippen molar-refractivity contribution in [3.63, 3.8) is 0 Å². The maximum atomic E-state index is 12.8. The fourth-order valence-corrected chi connectivity index (χ4v) is 4.04. The molecule has 0 radical (unpaired) electrons. The number of para-hydroxylation sites is 1. The molecule has 0 spiro atoms. The Kier molecular flexibility index (Phi) is 5.22. The zero-order valence-corrected chi connectivity index (χ0v) is 16.1. The van der Waals surface area contributed by atoms with Crippen molar-refractivity contribution < 1.29 is 13.2 Å². The number of rotatable bonds is 6. The topological polar surface area (TPSA) is 74.1 Å². The fraction of sp³-hybridized carbons (Fsp3) is 0.176. The first-order valence-corrected chi connectivity index (χ1v) is 10.1. The van der Waals surface area contributed by atoms with Gasteiger partial charge in [-0.25, -0.2) is 22.4 Å². The minimum atomic E-state index is -3.66. The van der Waals surface area contributed by atoms with Crippen molar-refractivity contribution in [1.82, 2.24) is 13.9 Å². The van der Waals surface area contributed by atoms with Gasteiger partial charge in [-0.3, -0.25) is 0 Å². The first-order chi connectivity index (χ1) is 12.4. The average molecular weight is 412 g/mol. The second-order valence-corrected chi connectivity index (χ2v) is 8.15. The lowest BCUT2D eigenvalue weighted by atomic mass is 10.1. The number of fused-ring (bicyclic) bond motifs is 1. The molecule has 0 aliphatic rings.